The molecule has 1 fully saturated rings. The molecule has 25 heavy (non-hydrogen) atoms. The first kappa shape index (κ1) is 17.9. The summed E-state index contributed by atoms with van der Waals surface area (Å²) in [5.74, 6) is -0.104. The molecule has 2 aliphatic rings. The number of amides is 1. The predicted octanol–water partition coefficient (Wildman–Crippen LogP) is 2.08. The van der Waals surface area contributed by atoms with Gasteiger partial charge in [0.05, 0.1) is 11.2 Å². The van der Waals surface area contributed by atoms with Gasteiger partial charge in [0, 0.05) is 30.8 Å². The van der Waals surface area contributed by atoms with Gasteiger partial charge in [-0.25, -0.2) is 8.42 Å². The summed E-state index contributed by atoms with van der Waals surface area (Å²) in [5.41, 5.74) is 0.494. The summed E-state index contributed by atoms with van der Waals surface area (Å²) in [6.07, 6.45) is 3.04. The number of carbonyl (C=O) groups is 2. The summed E-state index contributed by atoms with van der Waals surface area (Å²) in [7, 11) is -3.13. The van der Waals surface area contributed by atoms with Crippen molar-refractivity contribution in [2.75, 3.05) is 18.8 Å². The zero-order valence-electron chi connectivity index (χ0n) is 14.3. The Morgan fingerprint density at radius 2 is 1.80 bits per heavy atom. The van der Waals surface area contributed by atoms with Crippen molar-refractivity contribution in [1.29, 1.82) is 0 Å². The van der Waals surface area contributed by atoms with E-state index in [1.165, 1.54) is 5.41 Å². The molecule has 1 atom stereocenters. The molecule has 134 valence electrons. The Kier molecular flexibility index (Phi) is 4.82. The Balaban J connectivity index is 1.65. The second-order valence-corrected chi connectivity index (χ2v) is 8.94. The molecule has 3 rings (SSSR count). The van der Waals surface area contributed by atoms with E-state index in [9.17, 15) is 18.0 Å². The van der Waals surface area contributed by atoms with Crippen molar-refractivity contribution in [3.8, 4) is 0 Å². The summed E-state index contributed by atoms with van der Waals surface area (Å²) in [6.45, 7) is 2.67. The maximum Gasteiger partial charge on any atom is 0.223 e. The fourth-order valence-corrected chi connectivity index (χ4v) is 5.26. The molecule has 0 aliphatic carbocycles. The maximum absolute atomic E-state index is 12.5. The van der Waals surface area contributed by atoms with Gasteiger partial charge in [0.1, 0.15) is 5.78 Å². The Bertz CT molecular complexity index is 790. The molecule has 5 nitrogen and oxygen atoms in total. The monoisotopic (exact) mass is 361 g/mol. The van der Waals surface area contributed by atoms with Crippen molar-refractivity contribution in [2.24, 2.45) is 5.92 Å². The molecule has 1 aromatic rings. The average Bonchev–Trinajstić information content (AvgIpc) is 2.94. The van der Waals surface area contributed by atoms with E-state index in [0.717, 1.165) is 5.56 Å². The van der Waals surface area contributed by atoms with Gasteiger partial charge in [0.15, 0.2) is 9.84 Å². The number of Topliss-reactive ketones (excluding diaryl/α,β-unsaturated/α-hetero) is 1. The van der Waals surface area contributed by atoms with Crippen molar-refractivity contribution in [3.63, 3.8) is 0 Å². The standard InChI is InChI=1S/C19H23NO4S/c1-15(21)19(17-5-3-2-4-6-17)8-10-20(11-9-19)18(22)13-16-7-12-25(23,24)14-16/h2-7,12,16H,8-11,13-14H2,1H3/t16-/m1/s1. The first-order valence-electron chi connectivity index (χ1n) is 8.58. The zero-order valence-corrected chi connectivity index (χ0v) is 15.2. The van der Waals surface area contributed by atoms with Gasteiger partial charge >= 0.3 is 0 Å². The summed E-state index contributed by atoms with van der Waals surface area (Å²) in [5, 5.41) is 1.21. The van der Waals surface area contributed by atoms with Gasteiger partial charge in [-0.05, 0) is 25.3 Å². The van der Waals surface area contributed by atoms with Gasteiger partial charge in [-0.3, -0.25) is 9.59 Å². The fourth-order valence-electron chi connectivity index (χ4n) is 3.86. The highest BCUT2D eigenvalue weighted by molar-refractivity contribution is 7.94. The highest BCUT2D eigenvalue weighted by atomic mass is 32.2. The third-order valence-electron chi connectivity index (χ3n) is 5.41. The van der Waals surface area contributed by atoms with Crippen LogP contribution in [0.2, 0.25) is 0 Å². The van der Waals surface area contributed by atoms with Crippen LogP contribution in [0.15, 0.2) is 41.8 Å². The molecule has 0 bridgehead atoms. The third kappa shape index (κ3) is 3.68. The van der Waals surface area contributed by atoms with Gasteiger partial charge in [0.25, 0.3) is 0 Å². The van der Waals surface area contributed by atoms with E-state index >= 15 is 0 Å². The minimum absolute atomic E-state index is 0.0218. The van der Waals surface area contributed by atoms with Crippen molar-refractivity contribution in [1.82, 2.24) is 4.90 Å². The van der Waals surface area contributed by atoms with Gasteiger partial charge in [0.2, 0.25) is 5.91 Å². The molecule has 0 unspecified atom stereocenters. The minimum atomic E-state index is -3.13. The number of benzene rings is 1. The molecule has 0 N–H and O–H groups in total. The molecule has 0 radical (unpaired) electrons. The normalized spacial score (nSPS) is 24.2. The fraction of sp³-hybridized carbons (Fsp3) is 0.474. The Hall–Kier alpha value is -1.95. The molecule has 1 amide bonds. The Morgan fingerprint density at radius 3 is 2.32 bits per heavy atom. The third-order valence-corrected chi connectivity index (χ3v) is 6.88. The molecule has 2 aliphatic heterocycles. The van der Waals surface area contributed by atoms with Gasteiger partial charge < -0.3 is 4.90 Å². The van der Waals surface area contributed by atoms with Crippen molar-refractivity contribution < 1.29 is 18.0 Å². The average molecular weight is 361 g/mol. The largest absolute Gasteiger partial charge is 0.343 e. The van der Waals surface area contributed by atoms with Crippen LogP contribution in [0.5, 0.6) is 0 Å². The minimum Gasteiger partial charge on any atom is -0.343 e. The van der Waals surface area contributed by atoms with E-state index in [2.05, 4.69) is 0 Å². The molecular weight excluding hydrogens is 338 g/mol. The van der Waals surface area contributed by atoms with E-state index in [-0.39, 0.29) is 29.8 Å². The topological polar surface area (TPSA) is 71.5 Å². The Labute approximate surface area is 148 Å². The lowest BCUT2D eigenvalue weighted by atomic mass is 9.70. The molecular formula is C19H23NO4S. The SMILES string of the molecule is CC(=O)C1(c2ccccc2)CCN(C(=O)C[C@H]2C=CS(=O)(=O)C2)CC1. The number of nitrogens with zero attached hydrogens (tertiary/aromatic N) is 1. The lowest BCUT2D eigenvalue weighted by Gasteiger charge is -2.40. The van der Waals surface area contributed by atoms with Crippen LogP contribution in [0.1, 0.15) is 31.7 Å². The predicted molar refractivity (Wildman–Crippen MR) is 95.6 cm³/mol. The number of likely N-dealkylation sites (tertiary alicyclic amines) is 1. The summed E-state index contributed by atoms with van der Waals surface area (Å²) >= 11 is 0. The number of piperidine rings is 1. The second kappa shape index (κ2) is 6.75. The van der Waals surface area contributed by atoms with Crippen molar-refractivity contribution in [3.05, 3.63) is 47.4 Å². The number of hydrogen-bond donors (Lipinski definition) is 0. The Morgan fingerprint density at radius 1 is 1.16 bits per heavy atom. The highest BCUT2D eigenvalue weighted by Gasteiger charge is 2.41. The van der Waals surface area contributed by atoms with Gasteiger partial charge in [-0.2, -0.15) is 0 Å². The molecule has 2 heterocycles. The van der Waals surface area contributed by atoms with E-state index in [4.69, 9.17) is 0 Å². The summed E-state index contributed by atoms with van der Waals surface area (Å²) in [6, 6.07) is 9.76. The lowest BCUT2D eigenvalue weighted by molar-refractivity contribution is -0.136. The van der Waals surface area contributed by atoms with Crippen LogP contribution in [-0.2, 0) is 24.8 Å². The smallest absolute Gasteiger partial charge is 0.223 e. The quantitative estimate of drug-likeness (QED) is 0.823. The van der Waals surface area contributed by atoms with E-state index in [1.807, 2.05) is 30.3 Å². The lowest BCUT2D eigenvalue weighted by Crippen LogP contribution is -2.48. The number of sulfone groups is 1. The number of carbonyl (C=O) groups excluding carboxylic acids is 2. The molecule has 0 saturated carbocycles. The van der Waals surface area contributed by atoms with E-state index in [1.54, 1.807) is 17.9 Å². The van der Waals surface area contributed by atoms with E-state index in [0.29, 0.717) is 25.9 Å². The maximum atomic E-state index is 12.5. The summed E-state index contributed by atoms with van der Waals surface area (Å²) in [4.78, 5) is 26.6. The molecule has 6 heteroatoms. The van der Waals surface area contributed by atoms with Crippen LogP contribution < -0.4 is 0 Å². The van der Waals surface area contributed by atoms with Gasteiger partial charge in [-0.15, -0.1) is 0 Å². The van der Waals surface area contributed by atoms with Crippen LogP contribution >= 0.6 is 0 Å². The number of ketones is 1. The van der Waals surface area contributed by atoms with Crippen LogP contribution in [-0.4, -0.2) is 43.9 Å². The van der Waals surface area contributed by atoms with Crippen LogP contribution in [0.25, 0.3) is 0 Å². The molecule has 0 spiro atoms. The zero-order chi connectivity index (χ0) is 18.1. The molecule has 1 aromatic carbocycles. The first-order valence-corrected chi connectivity index (χ1v) is 10.3. The highest BCUT2D eigenvalue weighted by Crippen LogP contribution is 2.36. The van der Waals surface area contributed by atoms with Gasteiger partial charge in [-0.1, -0.05) is 36.4 Å². The van der Waals surface area contributed by atoms with Crippen molar-refractivity contribution >= 4 is 21.5 Å². The van der Waals surface area contributed by atoms with Crippen molar-refractivity contribution in [2.45, 2.75) is 31.6 Å². The number of rotatable bonds is 4. The summed E-state index contributed by atoms with van der Waals surface area (Å²) < 4.78 is 22.9. The van der Waals surface area contributed by atoms with Crippen LogP contribution in [0.4, 0.5) is 0 Å². The second-order valence-electron chi connectivity index (χ2n) is 7.01. The van der Waals surface area contributed by atoms with E-state index < -0.39 is 15.3 Å². The molecule has 1 saturated heterocycles. The van der Waals surface area contributed by atoms with Crippen LogP contribution in [0.3, 0.4) is 0 Å². The number of allylic oxidation sites excluding steroid dienone is 1. The van der Waals surface area contributed by atoms with Crippen LogP contribution in [0, 0.1) is 5.92 Å². The number of hydrogen-bond acceptors (Lipinski definition) is 4. The first-order chi connectivity index (χ1) is 11.8. The molecule has 0 aromatic heterocycles.